The zero-order chi connectivity index (χ0) is 8.59. The average Bonchev–Trinajstić information content (AvgIpc) is 2.07. The smallest absolute Gasteiger partial charge is 0.355 e. The highest BCUT2D eigenvalue weighted by Crippen LogP contribution is 2.23. The topological polar surface area (TPSA) is 55.1 Å². The van der Waals surface area contributed by atoms with Crippen LogP contribution in [0.15, 0.2) is 0 Å². The number of hydrogen-bond acceptors (Lipinski definition) is 2. The first kappa shape index (κ1) is 8.36. The van der Waals surface area contributed by atoms with Crippen LogP contribution in [0.1, 0.15) is 10.5 Å². The molecule has 0 fully saturated rings. The molecule has 4 nitrogen and oxygen atoms in total. The Morgan fingerprint density at radius 1 is 1.64 bits per heavy atom. The molecule has 0 unspecified atom stereocenters. The van der Waals surface area contributed by atoms with Crippen molar-refractivity contribution in [2.45, 2.75) is 0 Å². The van der Waals surface area contributed by atoms with Crippen LogP contribution in [0.4, 0.5) is 0 Å². The van der Waals surface area contributed by atoms with Gasteiger partial charge in [0.2, 0.25) is 0 Å². The molecular weight excluding hydrogens is 191 g/mol. The van der Waals surface area contributed by atoms with Crippen LogP contribution in [0.3, 0.4) is 0 Å². The van der Waals surface area contributed by atoms with Crippen molar-refractivity contribution < 1.29 is 9.90 Å². The van der Waals surface area contributed by atoms with Gasteiger partial charge in [-0.25, -0.2) is 4.79 Å². The van der Waals surface area contributed by atoms with E-state index in [1.54, 1.807) is 0 Å². The minimum Gasteiger partial charge on any atom is -0.476 e. The van der Waals surface area contributed by atoms with Gasteiger partial charge in [0.25, 0.3) is 0 Å². The summed E-state index contributed by atoms with van der Waals surface area (Å²) in [6.45, 7) is 0. The second kappa shape index (κ2) is 2.71. The zero-order valence-electron chi connectivity index (χ0n) is 5.51. The van der Waals surface area contributed by atoms with Crippen LogP contribution < -0.4 is 0 Å². The van der Waals surface area contributed by atoms with Crippen molar-refractivity contribution in [3.63, 3.8) is 0 Å². The number of carboxylic acids is 1. The quantitative estimate of drug-likeness (QED) is 0.737. The molecule has 60 valence electrons. The molecule has 11 heavy (non-hydrogen) atoms. The molecule has 0 radical (unpaired) electrons. The lowest BCUT2D eigenvalue weighted by Gasteiger charge is -1.92. The molecule has 0 aliphatic carbocycles. The van der Waals surface area contributed by atoms with Gasteiger partial charge >= 0.3 is 5.97 Å². The van der Waals surface area contributed by atoms with Crippen molar-refractivity contribution in [1.29, 1.82) is 0 Å². The van der Waals surface area contributed by atoms with Crippen molar-refractivity contribution in [1.82, 2.24) is 9.78 Å². The minimum absolute atomic E-state index is 0.00608. The van der Waals surface area contributed by atoms with E-state index in [0.717, 1.165) is 4.68 Å². The number of aromatic nitrogens is 2. The van der Waals surface area contributed by atoms with Gasteiger partial charge in [0.05, 0.1) is 0 Å². The number of aryl methyl sites for hydroxylation is 1. The Hall–Kier alpha value is -0.740. The van der Waals surface area contributed by atoms with Crippen LogP contribution in [0.25, 0.3) is 0 Å². The van der Waals surface area contributed by atoms with Gasteiger partial charge in [-0.1, -0.05) is 23.2 Å². The number of carboxylic acid groups (broad SMARTS) is 1. The van der Waals surface area contributed by atoms with E-state index in [-0.39, 0.29) is 15.9 Å². The Kier molecular flexibility index (Phi) is 2.06. The molecule has 0 amide bonds. The van der Waals surface area contributed by atoms with E-state index >= 15 is 0 Å². The molecule has 0 bridgehead atoms. The zero-order valence-corrected chi connectivity index (χ0v) is 7.02. The third-order valence-electron chi connectivity index (χ3n) is 1.15. The highest BCUT2D eigenvalue weighted by molar-refractivity contribution is 6.42. The van der Waals surface area contributed by atoms with Crippen LogP contribution in [0.2, 0.25) is 10.2 Å². The van der Waals surface area contributed by atoms with Crippen LogP contribution in [0.5, 0.6) is 0 Å². The summed E-state index contributed by atoms with van der Waals surface area (Å²) in [7, 11) is 1.46. The number of aromatic carboxylic acids is 1. The molecule has 0 aromatic carbocycles. The summed E-state index contributed by atoms with van der Waals surface area (Å²) in [5.41, 5.74) is -0.100. The molecule has 0 saturated heterocycles. The molecule has 0 aliphatic rings. The van der Waals surface area contributed by atoms with Crippen LogP contribution >= 0.6 is 23.2 Å². The van der Waals surface area contributed by atoms with Crippen molar-refractivity contribution in [2.75, 3.05) is 0 Å². The molecule has 0 aliphatic heterocycles. The maximum Gasteiger partial charge on any atom is 0.355 e. The molecule has 0 spiro atoms. The standard InChI is InChI=1S/C5H4Cl2N2O2/c1-9-3(5(10)11)2(6)4(7)8-9/h1H3,(H,10,11). The lowest BCUT2D eigenvalue weighted by Crippen LogP contribution is -2.05. The molecule has 1 heterocycles. The van der Waals surface area contributed by atoms with Gasteiger partial charge in [0, 0.05) is 7.05 Å². The molecule has 1 N–H and O–H groups in total. The summed E-state index contributed by atoms with van der Waals surface area (Å²) < 4.78 is 1.12. The Morgan fingerprint density at radius 3 is 2.36 bits per heavy atom. The molecule has 1 rings (SSSR count). The SMILES string of the molecule is Cn1nc(Cl)c(Cl)c1C(=O)O. The highest BCUT2D eigenvalue weighted by Gasteiger charge is 2.18. The summed E-state index contributed by atoms with van der Waals surface area (Å²) in [6, 6.07) is 0. The van der Waals surface area contributed by atoms with Crippen LogP contribution in [-0.2, 0) is 7.05 Å². The lowest BCUT2D eigenvalue weighted by atomic mass is 10.4. The first-order chi connectivity index (χ1) is 5.04. The second-order valence-corrected chi connectivity index (χ2v) is 2.62. The van der Waals surface area contributed by atoms with Crippen molar-refractivity contribution in [3.05, 3.63) is 15.9 Å². The maximum absolute atomic E-state index is 10.5. The summed E-state index contributed by atoms with van der Waals surface area (Å²) in [4.78, 5) is 10.5. The van der Waals surface area contributed by atoms with Crippen molar-refractivity contribution >= 4 is 29.2 Å². The number of halogens is 2. The fraction of sp³-hybridized carbons (Fsp3) is 0.200. The molecule has 0 saturated carbocycles. The summed E-state index contributed by atoms with van der Waals surface area (Å²) in [6.07, 6.45) is 0. The van der Waals surface area contributed by atoms with Gasteiger partial charge in [-0.15, -0.1) is 0 Å². The van der Waals surface area contributed by atoms with Gasteiger partial charge in [-0.3, -0.25) is 4.68 Å². The van der Waals surface area contributed by atoms with Crippen molar-refractivity contribution in [2.24, 2.45) is 7.05 Å². The summed E-state index contributed by atoms with van der Waals surface area (Å²) in [5.74, 6) is -1.14. The molecule has 6 heteroatoms. The van der Waals surface area contributed by atoms with Gasteiger partial charge in [0.15, 0.2) is 10.8 Å². The average molecular weight is 195 g/mol. The Morgan fingerprint density at radius 2 is 2.18 bits per heavy atom. The second-order valence-electron chi connectivity index (χ2n) is 1.88. The summed E-state index contributed by atoms with van der Waals surface area (Å²) >= 11 is 11.0. The van der Waals surface area contributed by atoms with Gasteiger partial charge in [-0.2, -0.15) is 5.10 Å². The predicted octanol–water partition coefficient (Wildman–Crippen LogP) is 1.43. The summed E-state index contributed by atoms with van der Waals surface area (Å²) in [5, 5.41) is 12.1. The Balaban J connectivity index is 3.34. The monoisotopic (exact) mass is 194 g/mol. The molecule has 0 atom stereocenters. The maximum atomic E-state index is 10.5. The molecule has 1 aromatic heterocycles. The van der Waals surface area contributed by atoms with E-state index in [2.05, 4.69) is 5.10 Å². The van der Waals surface area contributed by atoms with Crippen LogP contribution in [0, 0.1) is 0 Å². The van der Waals surface area contributed by atoms with Crippen LogP contribution in [-0.4, -0.2) is 20.9 Å². The van der Waals surface area contributed by atoms with Gasteiger partial charge in [0.1, 0.15) is 5.02 Å². The van der Waals surface area contributed by atoms with Gasteiger partial charge in [-0.05, 0) is 0 Å². The molecule has 1 aromatic rings. The first-order valence-electron chi connectivity index (χ1n) is 2.65. The van der Waals surface area contributed by atoms with E-state index in [4.69, 9.17) is 28.3 Å². The Bertz CT molecular complexity index is 308. The fourth-order valence-corrected chi connectivity index (χ4v) is 1.14. The highest BCUT2D eigenvalue weighted by atomic mass is 35.5. The molecular formula is C5H4Cl2N2O2. The number of carbonyl (C=O) groups is 1. The number of hydrogen-bond donors (Lipinski definition) is 1. The number of rotatable bonds is 1. The van der Waals surface area contributed by atoms with Crippen molar-refractivity contribution in [3.8, 4) is 0 Å². The Labute approximate surface area is 72.3 Å². The largest absolute Gasteiger partial charge is 0.476 e. The van der Waals surface area contributed by atoms with E-state index in [1.165, 1.54) is 7.05 Å². The van der Waals surface area contributed by atoms with E-state index < -0.39 is 5.97 Å². The first-order valence-corrected chi connectivity index (χ1v) is 3.41. The predicted molar refractivity (Wildman–Crippen MR) is 40.2 cm³/mol. The minimum atomic E-state index is -1.14. The number of nitrogens with zero attached hydrogens (tertiary/aromatic N) is 2. The fourth-order valence-electron chi connectivity index (χ4n) is 0.698. The van der Waals surface area contributed by atoms with Gasteiger partial charge < -0.3 is 5.11 Å². The third-order valence-corrected chi connectivity index (χ3v) is 1.87. The van der Waals surface area contributed by atoms with E-state index in [9.17, 15) is 4.79 Å². The third kappa shape index (κ3) is 1.32. The van der Waals surface area contributed by atoms with E-state index in [1.807, 2.05) is 0 Å². The lowest BCUT2D eigenvalue weighted by molar-refractivity contribution is 0.0685. The van der Waals surface area contributed by atoms with E-state index in [0.29, 0.717) is 0 Å². The normalized spacial score (nSPS) is 10.1.